The van der Waals surface area contributed by atoms with Crippen LogP contribution in [-0.2, 0) is 15.0 Å². The first-order valence-corrected chi connectivity index (χ1v) is 19.7. The second-order valence-corrected chi connectivity index (χ2v) is 15.8. The Morgan fingerprint density at radius 2 is 1.81 bits per heavy atom. The Bertz CT molecular complexity index is 2070. The van der Waals surface area contributed by atoms with Crippen molar-refractivity contribution in [3.05, 3.63) is 75.9 Å². The number of amides is 3. The monoisotopic (exact) mass is 795 g/mol. The van der Waals surface area contributed by atoms with Crippen molar-refractivity contribution >= 4 is 41.2 Å². The van der Waals surface area contributed by atoms with E-state index in [2.05, 4.69) is 43.2 Å². The van der Waals surface area contributed by atoms with Crippen LogP contribution in [0.5, 0.6) is 0 Å². The van der Waals surface area contributed by atoms with E-state index in [9.17, 15) is 24.4 Å². The maximum absolute atomic E-state index is 13.4. The van der Waals surface area contributed by atoms with Crippen LogP contribution in [0.15, 0.2) is 53.3 Å². The SMILES string of the molecule is CCC#Cc1ccc(C2(C#N)CC3(CC3)C2)cc1N=C(N)/C=C(\[N-]C)N1CCN(CC2CN(c3ccc4c(c3)C(=O)N(C(CCC=O)C(=O)NC)C4=O)C2)CC1.[K+]. The molecule has 14 heteroatoms. The van der Waals surface area contributed by atoms with Gasteiger partial charge in [-0.05, 0) is 106 Å². The quantitative estimate of drug-likeness (QED) is 0.0753. The minimum absolute atomic E-state index is 0. The van der Waals surface area contributed by atoms with Crippen LogP contribution in [0.1, 0.15) is 83.7 Å². The number of rotatable bonds is 13. The second kappa shape index (κ2) is 17.9. The summed E-state index contributed by atoms with van der Waals surface area (Å²) in [5.74, 6) is 6.44. The predicted octanol–water partition coefficient (Wildman–Crippen LogP) is 1.06. The summed E-state index contributed by atoms with van der Waals surface area (Å²) in [6, 6.07) is 12.9. The van der Waals surface area contributed by atoms with Gasteiger partial charge in [0, 0.05) is 51.1 Å². The van der Waals surface area contributed by atoms with E-state index in [0.717, 1.165) is 92.6 Å². The Morgan fingerprint density at radius 3 is 2.44 bits per heavy atom. The van der Waals surface area contributed by atoms with Gasteiger partial charge >= 0.3 is 51.4 Å². The molecule has 3 aliphatic heterocycles. The molecule has 2 aromatic rings. The zero-order valence-corrected chi connectivity index (χ0v) is 36.6. The number of benzene rings is 2. The third kappa shape index (κ3) is 8.73. The zero-order chi connectivity index (χ0) is 39.6. The van der Waals surface area contributed by atoms with Crippen molar-refractivity contribution in [2.45, 2.75) is 63.3 Å². The topological polar surface area (TPSA) is 170 Å². The largest absolute Gasteiger partial charge is 1.00 e. The molecule has 2 saturated carbocycles. The summed E-state index contributed by atoms with van der Waals surface area (Å²) < 4.78 is 0. The number of nitrogens with two attached hydrogens (primary N) is 1. The van der Waals surface area contributed by atoms with Crippen molar-refractivity contribution in [3.63, 3.8) is 0 Å². The van der Waals surface area contributed by atoms with Gasteiger partial charge in [-0.1, -0.05) is 37.7 Å². The number of hydrogen-bond donors (Lipinski definition) is 2. The minimum atomic E-state index is -1.04. The van der Waals surface area contributed by atoms with Crippen molar-refractivity contribution in [2.75, 3.05) is 64.8 Å². The van der Waals surface area contributed by atoms with E-state index in [4.69, 9.17) is 10.7 Å². The van der Waals surface area contributed by atoms with Crippen LogP contribution in [0.4, 0.5) is 11.4 Å². The van der Waals surface area contributed by atoms with Crippen LogP contribution < -0.4 is 67.3 Å². The number of imide groups is 1. The number of likely N-dealkylation sites (N-methyl/N-ethyl adjacent to an activating group) is 1. The second-order valence-electron chi connectivity index (χ2n) is 15.8. The molecule has 2 aliphatic carbocycles. The van der Waals surface area contributed by atoms with E-state index in [1.807, 2.05) is 37.3 Å². The fraction of sp³-hybridized carbons (Fsp3) is 0.488. The van der Waals surface area contributed by atoms with Crippen LogP contribution in [0.2, 0.25) is 0 Å². The van der Waals surface area contributed by atoms with Gasteiger partial charge in [-0.15, -0.1) is 0 Å². The van der Waals surface area contributed by atoms with Crippen molar-refractivity contribution < 1.29 is 70.6 Å². The number of piperazine rings is 1. The Kier molecular flexibility index (Phi) is 13.3. The van der Waals surface area contributed by atoms with Gasteiger partial charge < -0.3 is 35.9 Å². The smallest absolute Gasteiger partial charge is 0.469 e. The number of nitrogens with one attached hydrogen (secondary N) is 1. The fourth-order valence-electron chi connectivity index (χ4n) is 8.84. The first-order valence-electron chi connectivity index (χ1n) is 19.7. The van der Waals surface area contributed by atoms with Crippen LogP contribution in [0.25, 0.3) is 5.32 Å². The number of amidine groups is 1. The van der Waals surface area contributed by atoms with Gasteiger partial charge in [-0.3, -0.25) is 19.3 Å². The Labute approximate surface area is 377 Å². The molecule has 13 nitrogen and oxygen atoms in total. The van der Waals surface area contributed by atoms with Crippen LogP contribution in [-0.4, -0.2) is 110 Å². The number of carbonyl (C=O) groups excluding carboxylic acids is 4. The van der Waals surface area contributed by atoms with Crippen molar-refractivity contribution in [1.82, 2.24) is 20.0 Å². The molecule has 0 aromatic heterocycles. The number of nitriles is 1. The van der Waals surface area contributed by atoms with Gasteiger partial charge in [0.25, 0.3) is 11.8 Å². The molecule has 2 aromatic carbocycles. The first-order chi connectivity index (χ1) is 27.1. The number of anilines is 1. The molecule has 292 valence electrons. The molecule has 1 unspecified atom stereocenters. The summed E-state index contributed by atoms with van der Waals surface area (Å²) in [4.78, 5) is 62.8. The molecule has 3 amide bonds. The summed E-state index contributed by atoms with van der Waals surface area (Å²) >= 11 is 0. The average molecular weight is 796 g/mol. The number of aliphatic imine (C=N–C) groups is 1. The van der Waals surface area contributed by atoms with E-state index >= 15 is 0 Å². The van der Waals surface area contributed by atoms with Crippen molar-refractivity contribution in [1.29, 1.82) is 5.26 Å². The Hall–Kier alpha value is -4.02. The summed E-state index contributed by atoms with van der Waals surface area (Å²) in [6.07, 6.45) is 7.63. The molecule has 1 atom stereocenters. The van der Waals surface area contributed by atoms with Gasteiger partial charge in [0.05, 0.1) is 33.9 Å². The van der Waals surface area contributed by atoms with E-state index in [-0.39, 0.29) is 75.4 Å². The molecule has 57 heavy (non-hydrogen) atoms. The molecule has 0 radical (unpaired) electrons. The Balaban J connectivity index is 0.00000549. The number of carbonyl (C=O) groups is 4. The molecule has 7 rings (SSSR count). The van der Waals surface area contributed by atoms with Gasteiger partial charge in [-0.2, -0.15) is 5.26 Å². The van der Waals surface area contributed by atoms with Crippen molar-refractivity contribution in [3.8, 4) is 17.9 Å². The van der Waals surface area contributed by atoms with E-state index in [0.29, 0.717) is 29.1 Å². The molecule has 4 fully saturated rings. The molecule has 1 spiro atoms. The third-order valence-electron chi connectivity index (χ3n) is 12.1. The predicted molar refractivity (Wildman–Crippen MR) is 214 cm³/mol. The normalized spacial score (nSPS) is 20.3. The van der Waals surface area contributed by atoms with E-state index in [1.54, 1.807) is 19.2 Å². The number of nitrogens with zero attached hydrogens (tertiary/aromatic N) is 7. The maximum Gasteiger partial charge on any atom is 1.00 e. The molecular weight excluding hydrogens is 746 g/mol. The van der Waals surface area contributed by atoms with Crippen LogP contribution >= 0.6 is 0 Å². The van der Waals surface area contributed by atoms with Gasteiger partial charge in [0.2, 0.25) is 5.91 Å². The summed E-state index contributed by atoms with van der Waals surface area (Å²) in [5.41, 5.74) is 10.4. The molecular formula is C43H50KN9O4. The van der Waals surface area contributed by atoms with Crippen LogP contribution in [0, 0.1) is 34.5 Å². The maximum atomic E-state index is 13.4. The summed E-state index contributed by atoms with van der Waals surface area (Å²) in [7, 11) is 3.21. The molecule has 2 saturated heterocycles. The van der Waals surface area contributed by atoms with E-state index in [1.165, 1.54) is 19.9 Å². The molecule has 3 N–H and O–H groups in total. The third-order valence-corrected chi connectivity index (χ3v) is 12.1. The number of fused-ring (bicyclic) bond motifs is 1. The number of hydrogen-bond acceptors (Lipinski definition) is 9. The first kappa shape index (κ1) is 42.6. The van der Waals surface area contributed by atoms with Crippen molar-refractivity contribution in [2.24, 2.45) is 22.1 Å². The fourth-order valence-corrected chi connectivity index (χ4v) is 8.84. The Morgan fingerprint density at radius 1 is 1.09 bits per heavy atom. The zero-order valence-electron chi connectivity index (χ0n) is 33.5. The standard InChI is InChI=1S/C43H51N9O4.K/c1-4-5-7-30-9-10-31(43(28-44)26-42(27-43)13-14-42)20-35(30)48-37(45)22-38(46-2)50-17-15-49(16-18-50)23-29-24-51(25-29)32-11-12-33-34(21-32)41(56)52(40(33)55)36(8-6-19-53)39(54)47-3;/h9-12,19-22,29,36H,4,6,8,13-18,23-27H2,1-3H3,(H4,45,46,47,48,54);/q;+1/p-1. The average Bonchev–Trinajstić information content (AvgIpc) is 3.94. The van der Waals surface area contributed by atoms with Gasteiger partial charge in [0.15, 0.2) is 0 Å². The number of aldehydes is 1. The van der Waals surface area contributed by atoms with Gasteiger partial charge in [-0.25, -0.2) is 4.99 Å². The minimum Gasteiger partial charge on any atom is -0.469 e. The molecule has 3 heterocycles. The van der Waals surface area contributed by atoms with Gasteiger partial charge in [0.1, 0.15) is 18.2 Å². The summed E-state index contributed by atoms with van der Waals surface area (Å²) in [5, 5.41) is 17.2. The summed E-state index contributed by atoms with van der Waals surface area (Å²) in [6.45, 7) is 7.95. The van der Waals surface area contributed by atoms with Crippen LogP contribution in [0.3, 0.4) is 0 Å². The van der Waals surface area contributed by atoms with E-state index < -0.39 is 29.2 Å². The molecule has 5 aliphatic rings. The molecule has 0 bridgehead atoms.